The monoisotopic (exact) mass is 448 g/mol. The van der Waals surface area contributed by atoms with Crippen LogP contribution in [0.3, 0.4) is 0 Å². The average Bonchev–Trinajstić information content (AvgIpc) is 2.83. The highest BCUT2D eigenvalue weighted by Crippen LogP contribution is 2.24. The minimum atomic E-state index is -0.859. The van der Waals surface area contributed by atoms with Gasteiger partial charge in [-0.3, -0.25) is 9.59 Å². The summed E-state index contributed by atoms with van der Waals surface area (Å²) in [6, 6.07) is 23.3. The summed E-state index contributed by atoms with van der Waals surface area (Å²) in [5, 5.41) is 2.95. The molecule has 3 rings (SSSR count). The highest BCUT2D eigenvalue weighted by atomic mass is 19.1. The first-order chi connectivity index (χ1) is 15.9. The molecule has 1 unspecified atom stereocenters. The van der Waals surface area contributed by atoms with Gasteiger partial charge in [0, 0.05) is 13.1 Å². The number of nitrogens with zero attached hydrogens (tertiary/aromatic N) is 1. The van der Waals surface area contributed by atoms with Crippen LogP contribution in [0.2, 0.25) is 0 Å². The van der Waals surface area contributed by atoms with Gasteiger partial charge in [0.25, 0.3) is 5.91 Å². The first-order valence-corrected chi connectivity index (χ1v) is 11.0. The smallest absolute Gasteiger partial charge is 0.261 e. The van der Waals surface area contributed by atoms with Gasteiger partial charge in [-0.15, -0.1) is 0 Å². The van der Waals surface area contributed by atoms with E-state index in [-0.39, 0.29) is 36.7 Å². The Bertz CT molecular complexity index is 1020. The van der Waals surface area contributed by atoms with Crippen molar-refractivity contribution in [1.29, 1.82) is 0 Å². The molecule has 33 heavy (non-hydrogen) atoms. The molecule has 3 aromatic carbocycles. The molecular formula is C27H29FN2O3. The summed E-state index contributed by atoms with van der Waals surface area (Å²) in [7, 11) is 0. The number of carbonyl (C=O) groups is 2. The van der Waals surface area contributed by atoms with Crippen LogP contribution in [0.5, 0.6) is 5.75 Å². The summed E-state index contributed by atoms with van der Waals surface area (Å²) in [6.07, 6.45) is 0. The molecule has 0 aliphatic rings. The van der Waals surface area contributed by atoms with Crippen molar-refractivity contribution in [3.8, 4) is 5.75 Å². The number of rotatable bonds is 10. The van der Waals surface area contributed by atoms with E-state index >= 15 is 0 Å². The summed E-state index contributed by atoms with van der Waals surface area (Å²) in [5.74, 6) is -0.165. The maximum absolute atomic E-state index is 13.5. The lowest BCUT2D eigenvalue weighted by Crippen LogP contribution is -2.45. The van der Waals surface area contributed by atoms with Crippen LogP contribution in [-0.2, 0) is 16.1 Å². The van der Waals surface area contributed by atoms with E-state index in [1.54, 1.807) is 24.3 Å². The van der Waals surface area contributed by atoms with E-state index in [0.29, 0.717) is 23.4 Å². The predicted molar refractivity (Wildman–Crippen MR) is 126 cm³/mol. The molecule has 0 radical (unpaired) electrons. The third-order valence-electron chi connectivity index (χ3n) is 5.05. The van der Waals surface area contributed by atoms with E-state index < -0.39 is 6.04 Å². The maximum atomic E-state index is 13.5. The van der Waals surface area contributed by atoms with E-state index in [2.05, 4.69) is 5.32 Å². The molecule has 6 heteroatoms. The van der Waals surface area contributed by atoms with Crippen LogP contribution in [0.25, 0.3) is 0 Å². The van der Waals surface area contributed by atoms with Gasteiger partial charge in [0.1, 0.15) is 17.6 Å². The van der Waals surface area contributed by atoms with Gasteiger partial charge in [-0.1, -0.05) is 74.5 Å². The molecule has 1 N–H and O–H groups in total. The number of hydrogen-bond donors (Lipinski definition) is 1. The number of nitrogens with one attached hydrogen (secondary N) is 1. The zero-order valence-electron chi connectivity index (χ0n) is 18.9. The Balaban J connectivity index is 1.92. The topological polar surface area (TPSA) is 58.6 Å². The fourth-order valence-corrected chi connectivity index (χ4v) is 3.36. The van der Waals surface area contributed by atoms with Gasteiger partial charge in [0.2, 0.25) is 5.91 Å². The standard InChI is InChI=1S/C27H29FN2O3/c1-20(2)17-29-27(32)26(22-9-5-3-6-10-22)30(18-21-13-15-23(28)16-14-21)25(31)19-33-24-11-7-4-8-12-24/h3-16,20,26H,17-19H2,1-2H3,(H,29,32). The van der Waals surface area contributed by atoms with Gasteiger partial charge >= 0.3 is 0 Å². The Labute approximate surface area is 194 Å². The van der Waals surface area contributed by atoms with E-state index in [4.69, 9.17) is 4.74 Å². The number of halogens is 1. The van der Waals surface area contributed by atoms with Crippen LogP contribution in [0.4, 0.5) is 4.39 Å². The van der Waals surface area contributed by atoms with Crippen molar-refractivity contribution < 1.29 is 18.7 Å². The lowest BCUT2D eigenvalue weighted by atomic mass is 10.0. The number of benzene rings is 3. The minimum Gasteiger partial charge on any atom is -0.484 e. The fourth-order valence-electron chi connectivity index (χ4n) is 3.36. The molecule has 1 atom stereocenters. The van der Waals surface area contributed by atoms with E-state index in [1.807, 2.05) is 62.4 Å². The van der Waals surface area contributed by atoms with Crippen molar-refractivity contribution >= 4 is 11.8 Å². The number of ether oxygens (including phenoxy) is 1. The number of carbonyl (C=O) groups excluding carboxylic acids is 2. The van der Waals surface area contributed by atoms with Crippen LogP contribution in [0, 0.1) is 11.7 Å². The maximum Gasteiger partial charge on any atom is 0.261 e. The lowest BCUT2D eigenvalue weighted by Gasteiger charge is -2.32. The predicted octanol–water partition coefficient (Wildman–Crippen LogP) is 4.75. The minimum absolute atomic E-state index is 0.131. The third-order valence-corrected chi connectivity index (χ3v) is 5.05. The van der Waals surface area contributed by atoms with Crippen molar-refractivity contribution in [2.24, 2.45) is 5.92 Å². The highest BCUT2D eigenvalue weighted by Gasteiger charge is 2.31. The van der Waals surface area contributed by atoms with Gasteiger partial charge in [-0.05, 0) is 41.3 Å². The average molecular weight is 449 g/mol. The van der Waals surface area contributed by atoms with E-state index in [9.17, 15) is 14.0 Å². The molecule has 0 heterocycles. The summed E-state index contributed by atoms with van der Waals surface area (Å²) < 4.78 is 19.1. The van der Waals surface area contributed by atoms with Gasteiger partial charge < -0.3 is 15.0 Å². The molecule has 0 aliphatic carbocycles. The Kier molecular flexibility index (Phi) is 8.58. The Morgan fingerprint density at radius 3 is 2.12 bits per heavy atom. The number of para-hydroxylation sites is 1. The fraction of sp³-hybridized carbons (Fsp3) is 0.259. The summed E-state index contributed by atoms with van der Waals surface area (Å²) >= 11 is 0. The third kappa shape index (κ3) is 7.17. The van der Waals surface area contributed by atoms with Crippen molar-refractivity contribution in [2.75, 3.05) is 13.2 Å². The Morgan fingerprint density at radius 2 is 1.52 bits per heavy atom. The summed E-state index contributed by atoms with van der Waals surface area (Å²) in [6.45, 7) is 4.40. The molecule has 0 saturated heterocycles. The molecule has 0 spiro atoms. The Morgan fingerprint density at radius 1 is 0.909 bits per heavy atom. The van der Waals surface area contributed by atoms with Gasteiger partial charge in [-0.25, -0.2) is 4.39 Å². The van der Waals surface area contributed by atoms with Gasteiger partial charge in [0.05, 0.1) is 0 Å². The first-order valence-electron chi connectivity index (χ1n) is 11.0. The molecule has 5 nitrogen and oxygen atoms in total. The van der Waals surface area contributed by atoms with E-state index in [0.717, 1.165) is 0 Å². The first kappa shape index (κ1) is 24.0. The number of hydrogen-bond acceptors (Lipinski definition) is 3. The second-order valence-electron chi connectivity index (χ2n) is 8.20. The summed E-state index contributed by atoms with van der Waals surface area (Å²) in [5.41, 5.74) is 1.40. The van der Waals surface area contributed by atoms with Crippen LogP contribution >= 0.6 is 0 Å². The number of amides is 2. The normalized spacial score (nSPS) is 11.6. The van der Waals surface area contributed by atoms with Crippen molar-refractivity contribution in [3.63, 3.8) is 0 Å². The highest BCUT2D eigenvalue weighted by molar-refractivity contribution is 5.89. The van der Waals surface area contributed by atoms with Crippen LogP contribution < -0.4 is 10.1 Å². The molecule has 2 amide bonds. The molecular weight excluding hydrogens is 419 g/mol. The van der Waals surface area contributed by atoms with Crippen molar-refractivity contribution in [2.45, 2.75) is 26.4 Å². The zero-order chi connectivity index (χ0) is 23.6. The molecule has 0 aliphatic heterocycles. The quantitative estimate of drug-likeness (QED) is 0.487. The second kappa shape index (κ2) is 11.8. The lowest BCUT2D eigenvalue weighted by molar-refractivity contribution is -0.143. The molecule has 0 bridgehead atoms. The van der Waals surface area contributed by atoms with Crippen molar-refractivity contribution in [1.82, 2.24) is 10.2 Å². The van der Waals surface area contributed by atoms with Gasteiger partial charge in [0.15, 0.2) is 6.61 Å². The molecule has 0 saturated carbocycles. The SMILES string of the molecule is CC(C)CNC(=O)C(c1ccccc1)N(Cc1ccc(F)cc1)C(=O)COc1ccccc1. The second-order valence-corrected chi connectivity index (χ2v) is 8.20. The molecule has 172 valence electrons. The zero-order valence-corrected chi connectivity index (χ0v) is 18.9. The molecule has 0 aromatic heterocycles. The van der Waals surface area contributed by atoms with Crippen LogP contribution in [0.15, 0.2) is 84.9 Å². The largest absolute Gasteiger partial charge is 0.484 e. The molecule has 3 aromatic rings. The van der Waals surface area contributed by atoms with Gasteiger partial charge in [-0.2, -0.15) is 0 Å². The molecule has 0 fully saturated rings. The van der Waals surface area contributed by atoms with Crippen LogP contribution in [-0.4, -0.2) is 29.9 Å². The Hall–Kier alpha value is -3.67. The van der Waals surface area contributed by atoms with Crippen LogP contribution in [0.1, 0.15) is 31.0 Å². The summed E-state index contributed by atoms with van der Waals surface area (Å²) in [4.78, 5) is 28.2. The van der Waals surface area contributed by atoms with Crippen molar-refractivity contribution in [3.05, 3.63) is 102 Å². The van der Waals surface area contributed by atoms with E-state index in [1.165, 1.54) is 17.0 Å².